The first-order valence-corrected chi connectivity index (χ1v) is 6.38. The molecular formula is C14H19NO. The van der Waals surface area contributed by atoms with Crippen LogP contribution in [-0.2, 0) is 6.42 Å². The zero-order valence-electron chi connectivity index (χ0n) is 9.61. The number of fused-ring (bicyclic) bond motifs is 1. The zero-order valence-corrected chi connectivity index (χ0v) is 9.61. The van der Waals surface area contributed by atoms with Gasteiger partial charge in [0.25, 0.3) is 0 Å². The molecule has 0 bridgehead atoms. The monoisotopic (exact) mass is 217 g/mol. The Hall–Kier alpha value is -1.02. The average Bonchev–Trinajstić information content (AvgIpc) is 2.90. The van der Waals surface area contributed by atoms with Crippen LogP contribution in [0.3, 0.4) is 0 Å². The largest absolute Gasteiger partial charge is 0.490 e. The van der Waals surface area contributed by atoms with Crippen molar-refractivity contribution in [1.82, 2.24) is 0 Å². The number of rotatable bonds is 2. The lowest BCUT2D eigenvalue weighted by atomic mass is 10.1. The maximum Gasteiger partial charge on any atom is 0.120 e. The first-order valence-electron chi connectivity index (χ1n) is 6.38. The Morgan fingerprint density at radius 1 is 1.12 bits per heavy atom. The van der Waals surface area contributed by atoms with Crippen LogP contribution in [0.2, 0.25) is 0 Å². The van der Waals surface area contributed by atoms with Crippen molar-refractivity contribution in [2.24, 2.45) is 5.73 Å². The summed E-state index contributed by atoms with van der Waals surface area (Å²) in [6, 6.07) is 6.68. The van der Waals surface area contributed by atoms with Crippen molar-refractivity contribution in [3.8, 4) is 5.75 Å². The third-order valence-electron chi connectivity index (χ3n) is 3.84. The minimum Gasteiger partial charge on any atom is -0.490 e. The SMILES string of the molecule is NC1CCc2cc(OC3CCCC3)ccc21. The molecule has 2 N–H and O–H groups in total. The van der Waals surface area contributed by atoms with Crippen molar-refractivity contribution >= 4 is 0 Å². The van der Waals surface area contributed by atoms with Gasteiger partial charge in [0.15, 0.2) is 0 Å². The van der Waals surface area contributed by atoms with Gasteiger partial charge < -0.3 is 10.5 Å². The highest BCUT2D eigenvalue weighted by Gasteiger charge is 2.21. The molecule has 0 heterocycles. The molecular weight excluding hydrogens is 198 g/mol. The molecule has 86 valence electrons. The minimum atomic E-state index is 0.246. The van der Waals surface area contributed by atoms with Crippen LogP contribution >= 0.6 is 0 Å². The number of hydrogen-bond donors (Lipinski definition) is 1. The molecule has 16 heavy (non-hydrogen) atoms. The molecule has 0 radical (unpaired) electrons. The number of benzene rings is 1. The maximum atomic E-state index is 6.02. The van der Waals surface area contributed by atoms with Crippen LogP contribution in [0.1, 0.15) is 49.3 Å². The van der Waals surface area contributed by atoms with Crippen LogP contribution in [0.25, 0.3) is 0 Å². The zero-order chi connectivity index (χ0) is 11.0. The van der Waals surface area contributed by atoms with Crippen molar-refractivity contribution in [3.05, 3.63) is 29.3 Å². The molecule has 0 aliphatic heterocycles. The molecule has 2 nitrogen and oxygen atoms in total. The second-order valence-corrected chi connectivity index (χ2v) is 5.03. The van der Waals surface area contributed by atoms with Gasteiger partial charge >= 0.3 is 0 Å². The van der Waals surface area contributed by atoms with Crippen molar-refractivity contribution in [1.29, 1.82) is 0 Å². The molecule has 0 aromatic heterocycles. The van der Waals surface area contributed by atoms with Gasteiger partial charge in [0.1, 0.15) is 5.75 Å². The molecule has 1 fully saturated rings. The summed E-state index contributed by atoms with van der Waals surface area (Å²) in [7, 11) is 0. The van der Waals surface area contributed by atoms with E-state index in [1.165, 1.54) is 36.8 Å². The van der Waals surface area contributed by atoms with E-state index in [1.807, 2.05) is 0 Å². The summed E-state index contributed by atoms with van der Waals surface area (Å²) in [5.41, 5.74) is 8.73. The van der Waals surface area contributed by atoms with Crippen LogP contribution in [0.5, 0.6) is 5.75 Å². The highest BCUT2D eigenvalue weighted by atomic mass is 16.5. The summed E-state index contributed by atoms with van der Waals surface area (Å²) < 4.78 is 5.99. The summed E-state index contributed by atoms with van der Waals surface area (Å²) in [5, 5.41) is 0. The minimum absolute atomic E-state index is 0.246. The molecule has 2 aliphatic rings. The predicted octanol–water partition coefficient (Wildman–Crippen LogP) is 2.95. The summed E-state index contributed by atoms with van der Waals surface area (Å²) in [5.74, 6) is 1.04. The number of nitrogens with two attached hydrogens (primary N) is 1. The van der Waals surface area contributed by atoms with Crippen LogP contribution in [0.4, 0.5) is 0 Å². The smallest absolute Gasteiger partial charge is 0.120 e. The summed E-state index contributed by atoms with van der Waals surface area (Å²) in [6.45, 7) is 0. The topological polar surface area (TPSA) is 35.2 Å². The lowest BCUT2D eigenvalue weighted by molar-refractivity contribution is 0.210. The number of ether oxygens (including phenoxy) is 1. The standard InChI is InChI=1S/C14H19NO/c15-14-8-5-10-9-12(6-7-13(10)14)16-11-3-1-2-4-11/h6-7,9,11,14H,1-5,8,15H2. The summed E-state index contributed by atoms with van der Waals surface area (Å²) >= 11 is 0. The van der Waals surface area contributed by atoms with Crippen LogP contribution in [-0.4, -0.2) is 6.10 Å². The predicted molar refractivity (Wildman–Crippen MR) is 64.6 cm³/mol. The fourth-order valence-electron chi connectivity index (χ4n) is 2.90. The molecule has 0 saturated heterocycles. The summed E-state index contributed by atoms with van der Waals surface area (Å²) in [6.07, 6.45) is 7.72. The van der Waals surface area contributed by atoms with Gasteiger partial charge in [-0.3, -0.25) is 0 Å². The normalized spacial score (nSPS) is 24.7. The molecule has 3 rings (SSSR count). The number of aryl methyl sites for hydroxylation is 1. The first kappa shape index (κ1) is 10.2. The molecule has 0 spiro atoms. The third-order valence-corrected chi connectivity index (χ3v) is 3.84. The number of hydrogen-bond acceptors (Lipinski definition) is 2. The van der Waals surface area contributed by atoms with Crippen molar-refractivity contribution in [2.45, 2.75) is 50.7 Å². The molecule has 1 atom stereocenters. The molecule has 0 amide bonds. The molecule has 1 unspecified atom stereocenters. The Morgan fingerprint density at radius 3 is 2.75 bits per heavy atom. The van der Waals surface area contributed by atoms with Gasteiger partial charge in [-0.1, -0.05) is 6.07 Å². The lowest BCUT2D eigenvalue weighted by Crippen LogP contribution is -2.11. The van der Waals surface area contributed by atoms with E-state index < -0.39 is 0 Å². The Labute approximate surface area is 96.8 Å². The van der Waals surface area contributed by atoms with Gasteiger partial charge in [-0.25, -0.2) is 0 Å². The van der Waals surface area contributed by atoms with E-state index in [0.29, 0.717) is 6.10 Å². The maximum absolute atomic E-state index is 6.02. The average molecular weight is 217 g/mol. The van der Waals surface area contributed by atoms with Gasteiger partial charge in [0, 0.05) is 6.04 Å². The Kier molecular flexibility index (Phi) is 2.60. The van der Waals surface area contributed by atoms with Gasteiger partial charge in [0.05, 0.1) is 6.10 Å². The van der Waals surface area contributed by atoms with E-state index in [2.05, 4.69) is 18.2 Å². The lowest BCUT2D eigenvalue weighted by Gasteiger charge is -2.14. The molecule has 2 aliphatic carbocycles. The third kappa shape index (κ3) is 1.82. The van der Waals surface area contributed by atoms with E-state index in [1.54, 1.807) is 0 Å². The fraction of sp³-hybridized carbons (Fsp3) is 0.571. The van der Waals surface area contributed by atoms with Crippen LogP contribution < -0.4 is 10.5 Å². The summed E-state index contributed by atoms with van der Waals surface area (Å²) in [4.78, 5) is 0. The Morgan fingerprint density at radius 2 is 1.94 bits per heavy atom. The molecule has 1 aromatic rings. The van der Waals surface area contributed by atoms with Crippen molar-refractivity contribution in [3.63, 3.8) is 0 Å². The molecule has 1 saturated carbocycles. The van der Waals surface area contributed by atoms with Gasteiger partial charge in [-0.15, -0.1) is 0 Å². The van der Waals surface area contributed by atoms with E-state index in [9.17, 15) is 0 Å². The van der Waals surface area contributed by atoms with E-state index in [-0.39, 0.29) is 6.04 Å². The molecule has 1 aromatic carbocycles. The van der Waals surface area contributed by atoms with E-state index in [0.717, 1.165) is 18.6 Å². The Balaban J connectivity index is 1.76. The van der Waals surface area contributed by atoms with Crippen molar-refractivity contribution in [2.75, 3.05) is 0 Å². The van der Waals surface area contributed by atoms with Gasteiger partial charge in [-0.2, -0.15) is 0 Å². The van der Waals surface area contributed by atoms with Crippen LogP contribution in [0.15, 0.2) is 18.2 Å². The highest BCUT2D eigenvalue weighted by molar-refractivity contribution is 5.40. The first-order chi connectivity index (χ1) is 7.83. The van der Waals surface area contributed by atoms with Gasteiger partial charge in [0.2, 0.25) is 0 Å². The van der Waals surface area contributed by atoms with Gasteiger partial charge in [-0.05, 0) is 61.8 Å². The Bertz CT molecular complexity index is 382. The highest BCUT2D eigenvalue weighted by Crippen LogP contribution is 2.33. The van der Waals surface area contributed by atoms with Crippen LogP contribution in [0, 0.1) is 0 Å². The molecule has 2 heteroatoms. The quantitative estimate of drug-likeness (QED) is 0.826. The van der Waals surface area contributed by atoms with E-state index in [4.69, 9.17) is 10.5 Å². The second kappa shape index (κ2) is 4.10. The van der Waals surface area contributed by atoms with E-state index >= 15 is 0 Å². The second-order valence-electron chi connectivity index (χ2n) is 5.03. The fourth-order valence-corrected chi connectivity index (χ4v) is 2.90. The van der Waals surface area contributed by atoms with Crippen molar-refractivity contribution < 1.29 is 4.74 Å².